The quantitative estimate of drug-likeness (QED) is 0.617. The van der Waals surface area contributed by atoms with Crippen LogP contribution in [0, 0.1) is 5.82 Å². The lowest BCUT2D eigenvalue weighted by atomic mass is 10.2. The Hall–Kier alpha value is -3.27. The van der Waals surface area contributed by atoms with Crippen LogP contribution < -0.4 is 10.0 Å². The van der Waals surface area contributed by atoms with E-state index in [0.717, 1.165) is 18.9 Å². The summed E-state index contributed by atoms with van der Waals surface area (Å²) in [5.41, 5.74) is 0.000614. The molecule has 1 saturated carbocycles. The molecule has 10 heteroatoms. The number of rotatable bonds is 7. The van der Waals surface area contributed by atoms with E-state index in [1.54, 1.807) is 6.33 Å². The summed E-state index contributed by atoms with van der Waals surface area (Å²) in [7, 11) is -4.06. The van der Waals surface area contributed by atoms with Crippen molar-refractivity contribution in [1.82, 2.24) is 20.1 Å². The minimum absolute atomic E-state index is 0.144. The number of nitrogens with one attached hydrogen (secondary N) is 2. The van der Waals surface area contributed by atoms with Gasteiger partial charge in [-0.2, -0.15) is 0 Å². The monoisotopic (exact) mass is 415 g/mol. The maximum atomic E-state index is 13.8. The molecule has 2 aromatic carbocycles. The Labute approximate surface area is 166 Å². The summed E-state index contributed by atoms with van der Waals surface area (Å²) in [6, 6.07) is 11.4. The number of sulfonamides is 1. The molecule has 0 radical (unpaired) electrons. The largest absolute Gasteiger partial charge is 0.345 e. The van der Waals surface area contributed by atoms with Gasteiger partial charge in [0.05, 0.1) is 17.1 Å². The molecular weight excluding hydrogens is 397 g/mol. The van der Waals surface area contributed by atoms with Crippen molar-refractivity contribution in [2.75, 3.05) is 4.72 Å². The van der Waals surface area contributed by atoms with Crippen molar-refractivity contribution in [3.63, 3.8) is 0 Å². The van der Waals surface area contributed by atoms with Crippen molar-refractivity contribution >= 4 is 21.6 Å². The van der Waals surface area contributed by atoms with Gasteiger partial charge in [-0.1, -0.05) is 18.2 Å². The van der Waals surface area contributed by atoms with E-state index in [1.807, 2.05) is 4.57 Å². The first kappa shape index (κ1) is 19.1. The third-order valence-electron chi connectivity index (χ3n) is 4.52. The number of benzene rings is 2. The Bertz CT molecular complexity index is 1160. The van der Waals surface area contributed by atoms with E-state index in [4.69, 9.17) is 0 Å². The fourth-order valence-electron chi connectivity index (χ4n) is 2.86. The molecule has 150 valence electrons. The predicted molar refractivity (Wildman–Crippen MR) is 103 cm³/mol. The number of carbonyl (C=O) groups is 1. The summed E-state index contributed by atoms with van der Waals surface area (Å²) >= 11 is 0. The van der Waals surface area contributed by atoms with Gasteiger partial charge in [-0.25, -0.2) is 12.8 Å². The Morgan fingerprint density at radius 3 is 2.72 bits per heavy atom. The third-order valence-corrected chi connectivity index (χ3v) is 5.88. The van der Waals surface area contributed by atoms with E-state index in [1.165, 1.54) is 42.5 Å². The average molecular weight is 415 g/mol. The molecule has 1 aliphatic rings. The van der Waals surface area contributed by atoms with E-state index >= 15 is 0 Å². The summed E-state index contributed by atoms with van der Waals surface area (Å²) in [5.74, 6) is -0.492. The van der Waals surface area contributed by atoms with Crippen LogP contribution >= 0.6 is 0 Å². The summed E-state index contributed by atoms with van der Waals surface area (Å²) in [5, 5.41) is 10.6. The third kappa shape index (κ3) is 4.27. The molecule has 3 aromatic rings. The molecule has 1 amide bonds. The highest BCUT2D eigenvalue weighted by molar-refractivity contribution is 7.92. The van der Waals surface area contributed by atoms with Crippen LogP contribution in [0.15, 0.2) is 59.8 Å². The highest BCUT2D eigenvalue weighted by Crippen LogP contribution is 2.35. The van der Waals surface area contributed by atoms with Crippen LogP contribution in [0.1, 0.15) is 35.1 Å². The van der Waals surface area contributed by atoms with Crippen LogP contribution in [0.2, 0.25) is 0 Å². The molecule has 4 rings (SSSR count). The summed E-state index contributed by atoms with van der Waals surface area (Å²) in [6.07, 6.45) is 3.77. The molecule has 1 aromatic heterocycles. The van der Waals surface area contributed by atoms with Gasteiger partial charge in [-0.15, -0.1) is 10.2 Å². The predicted octanol–water partition coefficient (Wildman–Crippen LogP) is 2.48. The first-order chi connectivity index (χ1) is 13.9. The van der Waals surface area contributed by atoms with Crippen LogP contribution in [0.25, 0.3) is 0 Å². The first-order valence-corrected chi connectivity index (χ1v) is 10.5. The second-order valence-corrected chi connectivity index (χ2v) is 8.36. The smallest absolute Gasteiger partial charge is 0.262 e. The molecule has 1 fully saturated rings. The molecule has 2 N–H and O–H groups in total. The van der Waals surface area contributed by atoms with Crippen molar-refractivity contribution in [1.29, 1.82) is 0 Å². The van der Waals surface area contributed by atoms with Crippen LogP contribution in [0.3, 0.4) is 0 Å². The fourth-order valence-corrected chi connectivity index (χ4v) is 3.98. The van der Waals surface area contributed by atoms with Crippen LogP contribution in [-0.4, -0.2) is 29.1 Å². The lowest BCUT2D eigenvalue weighted by Gasteiger charge is -2.10. The molecule has 0 bridgehead atoms. The number of amides is 1. The Balaban J connectivity index is 1.48. The summed E-state index contributed by atoms with van der Waals surface area (Å²) < 4.78 is 43.0. The first-order valence-electron chi connectivity index (χ1n) is 8.98. The molecule has 0 spiro atoms. The second-order valence-electron chi connectivity index (χ2n) is 6.68. The van der Waals surface area contributed by atoms with Gasteiger partial charge in [-0.3, -0.25) is 9.52 Å². The molecule has 29 heavy (non-hydrogen) atoms. The zero-order chi connectivity index (χ0) is 20.4. The minimum atomic E-state index is -4.06. The van der Waals surface area contributed by atoms with E-state index < -0.39 is 21.7 Å². The fraction of sp³-hybridized carbons (Fsp3) is 0.211. The molecular formula is C19H18FN5O3S. The van der Waals surface area contributed by atoms with E-state index in [-0.39, 0.29) is 22.7 Å². The minimum Gasteiger partial charge on any atom is -0.345 e. The number of hydrogen-bond donors (Lipinski definition) is 2. The Kier molecular flexibility index (Phi) is 5.01. The van der Waals surface area contributed by atoms with Gasteiger partial charge in [0, 0.05) is 11.6 Å². The number of carbonyl (C=O) groups excluding carboxylic acids is 1. The second kappa shape index (κ2) is 7.63. The normalized spacial score (nSPS) is 13.8. The van der Waals surface area contributed by atoms with Gasteiger partial charge in [0.15, 0.2) is 5.82 Å². The van der Waals surface area contributed by atoms with E-state index in [2.05, 4.69) is 20.2 Å². The van der Waals surface area contributed by atoms with Crippen LogP contribution in [0.5, 0.6) is 0 Å². The number of anilines is 1. The van der Waals surface area contributed by atoms with Gasteiger partial charge < -0.3 is 9.88 Å². The zero-order valence-electron chi connectivity index (χ0n) is 15.2. The standard InChI is InChI=1S/C19H18FN5O3S/c20-16-6-1-2-7-17(16)24-29(27,28)15-5-3-4-13(10-15)19(26)21-11-18-23-22-12-25(18)14-8-9-14/h1-7,10,12,14,24H,8-9,11H2,(H,21,26). The zero-order valence-corrected chi connectivity index (χ0v) is 16.1. The van der Waals surface area contributed by atoms with Crippen molar-refractivity contribution < 1.29 is 17.6 Å². The highest BCUT2D eigenvalue weighted by Gasteiger charge is 2.26. The number of hydrogen-bond acceptors (Lipinski definition) is 5. The Morgan fingerprint density at radius 1 is 1.17 bits per heavy atom. The van der Waals surface area contributed by atoms with Crippen molar-refractivity contribution in [2.45, 2.75) is 30.3 Å². The summed E-state index contributed by atoms with van der Waals surface area (Å²) in [6.45, 7) is 0.180. The van der Waals surface area contributed by atoms with Crippen molar-refractivity contribution in [2.24, 2.45) is 0 Å². The van der Waals surface area contributed by atoms with Crippen LogP contribution in [-0.2, 0) is 16.6 Å². The Morgan fingerprint density at radius 2 is 1.97 bits per heavy atom. The number of para-hydroxylation sites is 1. The molecule has 8 nitrogen and oxygen atoms in total. The van der Waals surface area contributed by atoms with Gasteiger partial charge >= 0.3 is 0 Å². The SMILES string of the molecule is O=C(NCc1nncn1C1CC1)c1cccc(S(=O)(=O)Nc2ccccc2F)c1. The molecule has 0 aliphatic heterocycles. The van der Waals surface area contributed by atoms with Gasteiger partial charge in [0.2, 0.25) is 0 Å². The van der Waals surface area contributed by atoms with Crippen LogP contribution in [0.4, 0.5) is 10.1 Å². The lowest BCUT2D eigenvalue weighted by molar-refractivity contribution is 0.0949. The lowest BCUT2D eigenvalue weighted by Crippen LogP contribution is -2.25. The van der Waals surface area contributed by atoms with Gasteiger partial charge in [0.1, 0.15) is 12.1 Å². The molecule has 1 heterocycles. The summed E-state index contributed by atoms with van der Waals surface area (Å²) in [4.78, 5) is 12.3. The maximum Gasteiger partial charge on any atom is 0.262 e. The van der Waals surface area contributed by atoms with E-state index in [9.17, 15) is 17.6 Å². The van der Waals surface area contributed by atoms with Crippen molar-refractivity contribution in [3.8, 4) is 0 Å². The van der Waals surface area contributed by atoms with Crippen molar-refractivity contribution in [3.05, 3.63) is 72.1 Å². The number of halogens is 1. The molecule has 0 unspecified atom stereocenters. The van der Waals surface area contributed by atoms with Gasteiger partial charge in [-0.05, 0) is 43.2 Å². The number of aromatic nitrogens is 3. The molecule has 0 saturated heterocycles. The van der Waals surface area contributed by atoms with E-state index in [0.29, 0.717) is 11.9 Å². The topological polar surface area (TPSA) is 106 Å². The highest BCUT2D eigenvalue weighted by atomic mass is 32.2. The van der Waals surface area contributed by atoms with Gasteiger partial charge in [0.25, 0.3) is 15.9 Å². The molecule has 1 aliphatic carbocycles. The number of nitrogens with zero attached hydrogens (tertiary/aromatic N) is 3. The maximum absolute atomic E-state index is 13.8. The average Bonchev–Trinajstić information content (AvgIpc) is 3.45. The molecule has 0 atom stereocenters.